The standard InChI is InChI=1S/C50H38N2O/c1-50(2,3)35-26-29-43(42(30-35)39-27-24-34-23-22-32-12-9-13-33-25-28-40(39)48(34)47(32)33)51-36-14-10-17-38(31-36)52(37-15-5-4-6-16-37)44-19-11-21-46-49(44)41-18-7-8-20-45(41)53-46/h4-31,51H,1-3H3. The average molecular weight is 683 g/mol. The second-order valence-corrected chi connectivity index (χ2v) is 15.1. The Hall–Kier alpha value is -6.58. The van der Waals surface area contributed by atoms with Crippen molar-refractivity contribution in [1.29, 1.82) is 0 Å². The molecular weight excluding hydrogens is 645 g/mol. The zero-order valence-corrected chi connectivity index (χ0v) is 30.0. The molecule has 1 aromatic heterocycles. The summed E-state index contributed by atoms with van der Waals surface area (Å²) in [6, 6.07) is 61.1. The van der Waals surface area contributed by atoms with Gasteiger partial charge in [-0.05, 0) is 110 Å². The highest BCUT2D eigenvalue weighted by Crippen LogP contribution is 2.45. The molecule has 3 heteroatoms. The lowest BCUT2D eigenvalue weighted by Crippen LogP contribution is -2.11. The van der Waals surface area contributed by atoms with Crippen molar-refractivity contribution in [3.05, 3.63) is 175 Å². The second kappa shape index (κ2) is 12.0. The van der Waals surface area contributed by atoms with Gasteiger partial charge in [0.2, 0.25) is 0 Å². The molecule has 10 aromatic rings. The lowest BCUT2D eigenvalue weighted by Gasteiger charge is -2.27. The van der Waals surface area contributed by atoms with Crippen molar-refractivity contribution in [3.63, 3.8) is 0 Å². The summed E-state index contributed by atoms with van der Waals surface area (Å²) in [7, 11) is 0. The van der Waals surface area contributed by atoms with E-state index in [2.05, 4.69) is 189 Å². The van der Waals surface area contributed by atoms with Crippen molar-refractivity contribution in [2.75, 3.05) is 10.2 Å². The van der Waals surface area contributed by atoms with Crippen LogP contribution in [0.1, 0.15) is 26.3 Å². The van der Waals surface area contributed by atoms with Crippen LogP contribution in [0.3, 0.4) is 0 Å². The second-order valence-electron chi connectivity index (χ2n) is 15.1. The maximum absolute atomic E-state index is 6.34. The predicted octanol–water partition coefficient (Wildman–Crippen LogP) is 14.7. The van der Waals surface area contributed by atoms with Crippen LogP contribution in [-0.2, 0) is 5.41 Å². The molecule has 254 valence electrons. The van der Waals surface area contributed by atoms with Gasteiger partial charge < -0.3 is 14.6 Å². The summed E-state index contributed by atoms with van der Waals surface area (Å²) in [5.74, 6) is 0. The first-order valence-electron chi connectivity index (χ1n) is 18.3. The van der Waals surface area contributed by atoms with Crippen LogP contribution in [0.4, 0.5) is 28.4 Å². The molecule has 0 fully saturated rings. The van der Waals surface area contributed by atoms with E-state index in [1.54, 1.807) is 0 Å². The molecule has 0 amide bonds. The summed E-state index contributed by atoms with van der Waals surface area (Å²) in [6.45, 7) is 6.86. The molecule has 0 atom stereocenters. The molecule has 9 aromatic carbocycles. The van der Waals surface area contributed by atoms with Gasteiger partial charge in [-0.15, -0.1) is 0 Å². The molecule has 10 rings (SSSR count). The molecule has 1 N–H and O–H groups in total. The van der Waals surface area contributed by atoms with Crippen LogP contribution in [0.5, 0.6) is 0 Å². The number of hydrogen-bond acceptors (Lipinski definition) is 3. The van der Waals surface area contributed by atoms with Gasteiger partial charge in [-0.3, -0.25) is 0 Å². The van der Waals surface area contributed by atoms with Crippen molar-refractivity contribution in [2.24, 2.45) is 0 Å². The first-order valence-corrected chi connectivity index (χ1v) is 18.3. The van der Waals surface area contributed by atoms with Crippen molar-refractivity contribution in [1.82, 2.24) is 0 Å². The van der Waals surface area contributed by atoms with Gasteiger partial charge in [0, 0.05) is 33.7 Å². The third-order valence-electron chi connectivity index (χ3n) is 10.7. The summed E-state index contributed by atoms with van der Waals surface area (Å²) in [5, 5.41) is 13.8. The van der Waals surface area contributed by atoms with E-state index in [9.17, 15) is 0 Å². The number of nitrogens with one attached hydrogen (secondary N) is 1. The summed E-state index contributed by atoms with van der Waals surface area (Å²) >= 11 is 0. The summed E-state index contributed by atoms with van der Waals surface area (Å²) in [6.07, 6.45) is 0. The van der Waals surface area contributed by atoms with Crippen LogP contribution in [0.2, 0.25) is 0 Å². The van der Waals surface area contributed by atoms with E-state index in [1.165, 1.54) is 49.0 Å². The Kier molecular flexibility index (Phi) is 7.06. The smallest absolute Gasteiger partial charge is 0.137 e. The lowest BCUT2D eigenvalue weighted by molar-refractivity contribution is 0.590. The monoisotopic (exact) mass is 682 g/mol. The SMILES string of the molecule is CC(C)(C)c1ccc(Nc2cccc(N(c3ccccc3)c3cccc4oc5ccccc5c34)c2)c(-c2ccc3ccc4cccc5ccc2c3c45)c1. The van der Waals surface area contributed by atoms with E-state index in [-0.39, 0.29) is 5.41 Å². The average Bonchev–Trinajstić information content (AvgIpc) is 3.57. The quantitative estimate of drug-likeness (QED) is 0.177. The van der Waals surface area contributed by atoms with Gasteiger partial charge in [-0.2, -0.15) is 0 Å². The van der Waals surface area contributed by atoms with Crippen molar-refractivity contribution < 1.29 is 4.42 Å². The van der Waals surface area contributed by atoms with Gasteiger partial charge in [-0.25, -0.2) is 0 Å². The fraction of sp³-hybridized carbons (Fsp3) is 0.0800. The van der Waals surface area contributed by atoms with Gasteiger partial charge >= 0.3 is 0 Å². The van der Waals surface area contributed by atoms with Gasteiger partial charge in [0.05, 0.1) is 11.1 Å². The lowest BCUT2D eigenvalue weighted by atomic mass is 9.83. The number of nitrogens with zero attached hydrogens (tertiary/aromatic N) is 1. The zero-order valence-electron chi connectivity index (χ0n) is 30.0. The molecule has 0 aliphatic heterocycles. The van der Waals surface area contributed by atoms with Crippen LogP contribution in [0.25, 0.3) is 65.4 Å². The number of fused-ring (bicyclic) bond motifs is 3. The largest absolute Gasteiger partial charge is 0.456 e. The summed E-state index contributed by atoms with van der Waals surface area (Å²) in [5.41, 5.74) is 10.7. The molecule has 3 nitrogen and oxygen atoms in total. The van der Waals surface area contributed by atoms with E-state index in [0.717, 1.165) is 50.4 Å². The highest BCUT2D eigenvalue weighted by atomic mass is 16.3. The van der Waals surface area contributed by atoms with Crippen molar-refractivity contribution >= 4 is 82.7 Å². The number of furan rings is 1. The predicted molar refractivity (Wildman–Crippen MR) is 226 cm³/mol. The molecule has 0 unspecified atom stereocenters. The maximum Gasteiger partial charge on any atom is 0.137 e. The normalized spacial score (nSPS) is 12.1. The highest BCUT2D eigenvalue weighted by Gasteiger charge is 2.21. The van der Waals surface area contributed by atoms with E-state index in [1.807, 2.05) is 12.1 Å². The molecule has 0 bridgehead atoms. The minimum atomic E-state index is -0.00849. The van der Waals surface area contributed by atoms with Crippen LogP contribution < -0.4 is 10.2 Å². The Bertz CT molecular complexity index is 2950. The molecule has 0 saturated carbocycles. The molecule has 0 spiro atoms. The van der Waals surface area contributed by atoms with E-state index >= 15 is 0 Å². The fourth-order valence-electron chi connectivity index (χ4n) is 8.14. The molecule has 0 radical (unpaired) electrons. The number of hydrogen-bond donors (Lipinski definition) is 1. The summed E-state index contributed by atoms with van der Waals surface area (Å²) < 4.78 is 6.34. The molecule has 0 saturated heterocycles. The fourth-order valence-corrected chi connectivity index (χ4v) is 8.14. The van der Waals surface area contributed by atoms with Gasteiger partial charge in [0.15, 0.2) is 0 Å². The third kappa shape index (κ3) is 5.19. The molecule has 0 aliphatic carbocycles. The van der Waals surface area contributed by atoms with Gasteiger partial charge in [-0.1, -0.05) is 130 Å². The van der Waals surface area contributed by atoms with Gasteiger partial charge in [0.25, 0.3) is 0 Å². The van der Waals surface area contributed by atoms with Gasteiger partial charge in [0.1, 0.15) is 11.2 Å². The van der Waals surface area contributed by atoms with E-state index in [0.29, 0.717) is 0 Å². The Balaban J connectivity index is 1.14. The van der Waals surface area contributed by atoms with E-state index < -0.39 is 0 Å². The first-order chi connectivity index (χ1) is 25.9. The Morgan fingerprint density at radius 2 is 1.15 bits per heavy atom. The topological polar surface area (TPSA) is 28.4 Å². The molecular formula is C50H38N2O. The number of benzene rings is 9. The van der Waals surface area contributed by atoms with E-state index in [4.69, 9.17) is 4.42 Å². The molecule has 0 aliphatic rings. The van der Waals surface area contributed by atoms with Crippen molar-refractivity contribution in [3.8, 4) is 11.1 Å². The molecule has 1 heterocycles. The highest BCUT2D eigenvalue weighted by molar-refractivity contribution is 6.25. The Morgan fingerprint density at radius 1 is 0.472 bits per heavy atom. The Labute approximate surface area is 309 Å². The van der Waals surface area contributed by atoms with Crippen LogP contribution >= 0.6 is 0 Å². The maximum atomic E-state index is 6.34. The van der Waals surface area contributed by atoms with Crippen LogP contribution in [0, 0.1) is 0 Å². The third-order valence-corrected chi connectivity index (χ3v) is 10.7. The van der Waals surface area contributed by atoms with Crippen LogP contribution in [-0.4, -0.2) is 0 Å². The molecule has 53 heavy (non-hydrogen) atoms. The van der Waals surface area contributed by atoms with Crippen LogP contribution in [0.15, 0.2) is 174 Å². The minimum Gasteiger partial charge on any atom is -0.456 e. The number of anilines is 5. The van der Waals surface area contributed by atoms with Crippen molar-refractivity contribution in [2.45, 2.75) is 26.2 Å². The number of para-hydroxylation sites is 2. The summed E-state index contributed by atoms with van der Waals surface area (Å²) in [4.78, 5) is 2.33. The number of rotatable bonds is 6. The first kappa shape index (κ1) is 31.2. The minimum absolute atomic E-state index is 0.00849. The zero-order chi connectivity index (χ0) is 35.7. The Morgan fingerprint density at radius 3 is 1.98 bits per heavy atom.